The van der Waals surface area contributed by atoms with Crippen LogP contribution < -0.4 is 0 Å². The number of hydrogen-bond acceptors (Lipinski definition) is 1. The molecule has 82 valence electrons. The third-order valence-corrected chi connectivity index (χ3v) is 4.49. The van der Waals surface area contributed by atoms with Crippen molar-refractivity contribution in [3.63, 3.8) is 0 Å². The molecule has 1 heteroatoms. The van der Waals surface area contributed by atoms with Crippen molar-refractivity contribution in [3.8, 4) is 0 Å². The van der Waals surface area contributed by atoms with Crippen molar-refractivity contribution in [1.29, 1.82) is 0 Å². The summed E-state index contributed by atoms with van der Waals surface area (Å²) in [5, 5.41) is 0. The molecule has 1 saturated carbocycles. The van der Waals surface area contributed by atoms with Crippen molar-refractivity contribution in [2.45, 2.75) is 46.0 Å². The summed E-state index contributed by atoms with van der Waals surface area (Å²) in [7, 11) is 0. The molecule has 4 unspecified atom stereocenters. The van der Waals surface area contributed by atoms with Crippen LogP contribution in [0.4, 0.5) is 0 Å². The van der Waals surface area contributed by atoms with Crippen LogP contribution in [0.25, 0.3) is 0 Å². The second kappa shape index (κ2) is 4.65. The lowest BCUT2D eigenvalue weighted by Crippen LogP contribution is -2.36. The molecule has 0 aromatic heterocycles. The third kappa shape index (κ3) is 2.13. The van der Waals surface area contributed by atoms with Crippen molar-refractivity contribution in [2.75, 3.05) is 13.2 Å². The summed E-state index contributed by atoms with van der Waals surface area (Å²) in [5.74, 6) is 3.66. The fourth-order valence-corrected chi connectivity index (χ4v) is 3.39. The molecule has 0 aromatic carbocycles. The first-order valence-corrected chi connectivity index (χ1v) is 6.37. The smallest absolute Gasteiger partial charge is 0.0499 e. The fourth-order valence-electron chi connectivity index (χ4n) is 3.39. The maximum Gasteiger partial charge on any atom is 0.0499 e. The van der Waals surface area contributed by atoms with Gasteiger partial charge in [-0.05, 0) is 36.5 Å². The van der Waals surface area contributed by atoms with Gasteiger partial charge < -0.3 is 4.74 Å². The summed E-state index contributed by atoms with van der Waals surface area (Å²) in [6.45, 7) is 6.91. The molecule has 0 amide bonds. The van der Waals surface area contributed by atoms with Gasteiger partial charge in [0.2, 0.25) is 0 Å². The largest absolute Gasteiger partial charge is 0.381 e. The summed E-state index contributed by atoms with van der Waals surface area (Å²) < 4.78 is 5.65. The molecule has 1 aliphatic carbocycles. The van der Waals surface area contributed by atoms with E-state index in [4.69, 9.17) is 4.74 Å². The molecule has 2 aliphatic rings. The highest BCUT2D eigenvalue weighted by Gasteiger charge is 2.34. The lowest BCUT2D eigenvalue weighted by Gasteiger charge is -2.40. The van der Waals surface area contributed by atoms with E-state index in [1.165, 1.54) is 32.1 Å². The van der Waals surface area contributed by atoms with Gasteiger partial charge in [-0.1, -0.05) is 33.1 Å². The molecule has 0 spiro atoms. The average molecular weight is 196 g/mol. The van der Waals surface area contributed by atoms with E-state index in [1.807, 2.05) is 0 Å². The Morgan fingerprint density at radius 3 is 2.29 bits per heavy atom. The summed E-state index contributed by atoms with van der Waals surface area (Å²) in [6, 6.07) is 0. The van der Waals surface area contributed by atoms with E-state index >= 15 is 0 Å². The summed E-state index contributed by atoms with van der Waals surface area (Å²) in [4.78, 5) is 0. The topological polar surface area (TPSA) is 9.23 Å². The van der Waals surface area contributed by atoms with Gasteiger partial charge in [0, 0.05) is 13.2 Å². The van der Waals surface area contributed by atoms with Crippen LogP contribution in [0.3, 0.4) is 0 Å². The molecule has 1 heterocycles. The number of rotatable bonds is 1. The Bertz CT molecular complexity index is 158. The summed E-state index contributed by atoms with van der Waals surface area (Å²) in [6.07, 6.45) is 7.11. The molecule has 14 heavy (non-hydrogen) atoms. The van der Waals surface area contributed by atoms with E-state index in [9.17, 15) is 0 Å². The number of ether oxygens (including phenoxy) is 1. The van der Waals surface area contributed by atoms with Gasteiger partial charge in [0.05, 0.1) is 0 Å². The Kier molecular flexibility index (Phi) is 3.48. The van der Waals surface area contributed by atoms with Gasteiger partial charge in [0.25, 0.3) is 0 Å². The average Bonchev–Trinajstić information content (AvgIpc) is 2.20. The van der Waals surface area contributed by atoms with E-state index in [0.29, 0.717) is 0 Å². The zero-order valence-corrected chi connectivity index (χ0v) is 9.67. The van der Waals surface area contributed by atoms with Crippen LogP contribution >= 0.6 is 0 Å². The molecule has 0 bridgehead atoms. The van der Waals surface area contributed by atoms with Crippen LogP contribution in [0.15, 0.2) is 0 Å². The van der Waals surface area contributed by atoms with Gasteiger partial charge in [-0.15, -0.1) is 0 Å². The van der Waals surface area contributed by atoms with Crippen LogP contribution in [0.2, 0.25) is 0 Å². The second-order valence-electron chi connectivity index (χ2n) is 5.43. The first kappa shape index (κ1) is 10.5. The monoisotopic (exact) mass is 196 g/mol. The molecule has 1 saturated heterocycles. The van der Waals surface area contributed by atoms with E-state index in [0.717, 1.165) is 36.9 Å². The van der Waals surface area contributed by atoms with Crippen molar-refractivity contribution >= 4 is 0 Å². The van der Waals surface area contributed by atoms with Gasteiger partial charge in [0.1, 0.15) is 0 Å². The van der Waals surface area contributed by atoms with Crippen LogP contribution in [-0.2, 0) is 4.74 Å². The maximum atomic E-state index is 5.65. The predicted molar refractivity (Wildman–Crippen MR) is 59.2 cm³/mol. The highest BCUT2D eigenvalue weighted by Crippen LogP contribution is 2.40. The lowest BCUT2D eigenvalue weighted by atomic mass is 9.68. The molecule has 0 aromatic rings. The molecular weight excluding hydrogens is 172 g/mol. The van der Waals surface area contributed by atoms with E-state index in [2.05, 4.69) is 13.8 Å². The highest BCUT2D eigenvalue weighted by molar-refractivity contribution is 4.83. The van der Waals surface area contributed by atoms with Crippen LogP contribution in [0.5, 0.6) is 0 Å². The van der Waals surface area contributed by atoms with Crippen LogP contribution in [-0.4, -0.2) is 13.2 Å². The molecule has 2 rings (SSSR count). The van der Waals surface area contributed by atoms with Crippen molar-refractivity contribution in [2.24, 2.45) is 23.7 Å². The highest BCUT2D eigenvalue weighted by atomic mass is 16.5. The zero-order chi connectivity index (χ0) is 9.97. The lowest BCUT2D eigenvalue weighted by molar-refractivity contribution is -0.0235. The number of hydrogen-bond donors (Lipinski definition) is 0. The predicted octanol–water partition coefficient (Wildman–Crippen LogP) is 3.49. The molecular formula is C13H24O. The Labute approximate surface area is 88.2 Å². The van der Waals surface area contributed by atoms with Crippen LogP contribution in [0.1, 0.15) is 46.0 Å². The van der Waals surface area contributed by atoms with E-state index < -0.39 is 0 Å². The molecule has 1 aliphatic heterocycles. The normalized spacial score (nSPS) is 45.0. The van der Waals surface area contributed by atoms with Crippen molar-refractivity contribution < 1.29 is 4.74 Å². The standard InChI is InChI=1S/C13H24O/c1-10-5-3-4-6-12(10)13-9-14-8-7-11(13)2/h10-13H,3-9H2,1-2H3. The first-order chi connectivity index (χ1) is 6.79. The Balaban J connectivity index is 1.96. The van der Waals surface area contributed by atoms with Crippen LogP contribution in [0, 0.1) is 23.7 Å². The minimum atomic E-state index is 0.860. The maximum absolute atomic E-state index is 5.65. The van der Waals surface area contributed by atoms with Gasteiger partial charge >= 0.3 is 0 Å². The summed E-state index contributed by atoms with van der Waals surface area (Å²) >= 11 is 0. The minimum absolute atomic E-state index is 0.860. The molecule has 0 N–H and O–H groups in total. The van der Waals surface area contributed by atoms with E-state index in [-0.39, 0.29) is 0 Å². The molecule has 4 atom stereocenters. The van der Waals surface area contributed by atoms with Gasteiger partial charge in [-0.2, -0.15) is 0 Å². The first-order valence-electron chi connectivity index (χ1n) is 6.37. The van der Waals surface area contributed by atoms with Gasteiger partial charge in [-0.25, -0.2) is 0 Å². The van der Waals surface area contributed by atoms with Crippen molar-refractivity contribution in [3.05, 3.63) is 0 Å². The third-order valence-electron chi connectivity index (χ3n) is 4.49. The Morgan fingerprint density at radius 2 is 1.57 bits per heavy atom. The SMILES string of the molecule is CC1CCCCC1C1COCCC1C. The minimum Gasteiger partial charge on any atom is -0.381 e. The molecule has 0 radical (unpaired) electrons. The van der Waals surface area contributed by atoms with Gasteiger partial charge in [-0.3, -0.25) is 0 Å². The van der Waals surface area contributed by atoms with E-state index in [1.54, 1.807) is 0 Å². The van der Waals surface area contributed by atoms with Crippen molar-refractivity contribution in [1.82, 2.24) is 0 Å². The molecule has 2 fully saturated rings. The Morgan fingerprint density at radius 1 is 0.857 bits per heavy atom. The molecule has 1 nitrogen and oxygen atoms in total. The quantitative estimate of drug-likeness (QED) is 0.624. The van der Waals surface area contributed by atoms with Gasteiger partial charge in [0.15, 0.2) is 0 Å². The zero-order valence-electron chi connectivity index (χ0n) is 9.67. The Hall–Kier alpha value is -0.0400. The second-order valence-corrected chi connectivity index (χ2v) is 5.43. The fraction of sp³-hybridized carbons (Fsp3) is 1.00. The summed E-state index contributed by atoms with van der Waals surface area (Å²) in [5.41, 5.74) is 0.